The van der Waals surface area contributed by atoms with Crippen LogP contribution in [-0.4, -0.2) is 25.3 Å². The van der Waals surface area contributed by atoms with E-state index in [1.165, 1.54) is 22.5 Å². The number of rotatable bonds is 3. The monoisotopic (exact) mass is 333 g/mol. The summed E-state index contributed by atoms with van der Waals surface area (Å²) < 4.78 is 40.7. The van der Waals surface area contributed by atoms with Crippen LogP contribution in [0.4, 0.5) is 4.39 Å². The molecule has 0 bridgehead atoms. The van der Waals surface area contributed by atoms with E-state index in [0.29, 0.717) is 18.4 Å². The highest BCUT2D eigenvalue weighted by Crippen LogP contribution is 2.32. The van der Waals surface area contributed by atoms with Crippen molar-refractivity contribution in [2.75, 3.05) is 6.54 Å². The minimum atomic E-state index is -3.62. The molecule has 3 unspecified atom stereocenters. The largest absolute Gasteiger partial charge is 0.243 e. The topological polar surface area (TPSA) is 37.4 Å². The zero-order chi connectivity index (χ0) is 15.8. The summed E-state index contributed by atoms with van der Waals surface area (Å²) in [6.07, 6.45) is 1.02. The molecule has 2 rings (SSSR count). The van der Waals surface area contributed by atoms with E-state index < -0.39 is 15.8 Å². The van der Waals surface area contributed by atoms with Gasteiger partial charge in [0.15, 0.2) is 0 Å². The molecule has 1 heterocycles. The van der Waals surface area contributed by atoms with Gasteiger partial charge >= 0.3 is 0 Å². The van der Waals surface area contributed by atoms with E-state index in [1.807, 2.05) is 6.92 Å². The molecule has 6 heteroatoms. The Kier molecular flexibility index (Phi) is 4.96. The van der Waals surface area contributed by atoms with Gasteiger partial charge in [0, 0.05) is 18.2 Å². The summed E-state index contributed by atoms with van der Waals surface area (Å²) in [4.78, 5) is 0.118. The number of piperidine rings is 1. The van der Waals surface area contributed by atoms with Gasteiger partial charge in [-0.2, -0.15) is 4.31 Å². The van der Waals surface area contributed by atoms with Gasteiger partial charge in [-0.15, -0.1) is 11.6 Å². The van der Waals surface area contributed by atoms with E-state index in [1.54, 1.807) is 0 Å². The smallest absolute Gasteiger partial charge is 0.207 e. The van der Waals surface area contributed by atoms with Crippen LogP contribution in [0.5, 0.6) is 0 Å². The molecule has 1 aromatic carbocycles. The number of hydrogen-bond acceptors (Lipinski definition) is 2. The lowest BCUT2D eigenvalue weighted by atomic mass is 9.88. The Bertz CT molecular complexity index is 620. The van der Waals surface area contributed by atoms with Gasteiger partial charge in [-0.3, -0.25) is 0 Å². The molecular formula is C15H21ClFNO2S. The molecular weight excluding hydrogens is 313 g/mol. The van der Waals surface area contributed by atoms with Gasteiger partial charge in [0.05, 0.1) is 10.8 Å². The van der Waals surface area contributed by atoms with Crippen LogP contribution in [0.15, 0.2) is 23.1 Å². The second-order valence-electron chi connectivity index (χ2n) is 6.02. The molecule has 1 saturated heterocycles. The highest BCUT2D eigenvalue weighted by atomic mass is 35.5. The Balaban J connectivity index is 2.41. The van der Waals surface area contributed by atoms with Crippen LogP contribution in [0, 0.1) is 17.7 Å². The van der Waals surface area contributed by atoms with Crippen molar-refractivity contribution >= 4 is 21.6 Å². The van der Waals surface area contributed by atoms with E-state index >= 15 is 0 Å². The van der Waals surface area contributed by atoms with Gasteiger partial charge in [-0.1, -0.05) is 13.8 Å². The number of sulfonamides is 1. The summed E-state index contributed by atoms with van der Waals surface area (Å²) in [6.45, 7) is 6.55. The lowest BCUT2D eigenvalue weighted by molar-refractivity contribution is 0.157. The minimum absolute atomic E-state index is 0.0441. The molecule has 1 aliphatic rings. The van der Waals surface area contributed by atoms with Gasteiger partial charge in [-0.25, -0.2) is 12.8 Å². The summed E-state index contributed by atoms with van der Waals surface area (Å²) >= 11 is 5.67. The standard InChI is InChI=1S/C15H21ClFNO2S/c1-10-6-11(2)12(3)18(9-10)21(19,20)14-4-5-15(17)13(7-14)8-16/h4-5,7,10-12H,6,8-9H2,1-3H3. The number of hydrogen-bond donors (Lipinski definition) is 0. The fourth-order valence-electron chi connectivity index (χ4n) is 2.93. The van der Waals surface area contributed by atoms with Crippen molar-refractivity contribution in [1.29, 1.82) is 0 Å². The molecule has 0 N–H and O–H groups in total. The van der Waals surface area contributed by atoms with Crippen molar-refractivity contribution in [3.8, 4) is 0 Å². The average molecular weight is 334 g/mol. The third kappa shape index (κ3) is 3.25. The van der Waals surface area contributed by atoms with Crippen LogP contribution in [0.1, 0.15) is 32.8 Å². The maximum atomic E-state index is 13.5. The summed E-state index contributed by atoms with van der Waals surface area (Å²) in [5.74, 6) is 0.102. The van der Waals surface area contributed by atoms with Gasteiger partial charge in [0.1, 0.15) is 5.82 Å². The molecule has 1 fully saturated rings. The van der Waals surface area contributed by atoms with Crippen molar-refractivity contribution < 1.29 is 12.8 Å². The molecule has 0 aliphatic carbocycles. The molecule has 0 spiro atoms. The number of nitrogens with zero attached hydrogens (tertiary/aromatic N) is 1. The van der Waals surface area contributed by atoms with Crippen LogP contribution in [0.3, 0.4) is 0 Å². The molecule has 0 saturated carbocycles. The fraction of sp³-hybridized carbons (Fsp3) is 0.600. The quantitative estimate of drug-likeness (QED) is 0.792. The van der Waals surface area contributed by atoms with E-state index in [9.17, 15) is 12.8 Å². The molecule has 0 radical (unpaired) electrons. The third-order valence-electron chi connectivity index (χ3n) is 4.31. The van der Waals surface area contributed by atoms with Crippen LogP contribution < -0.4 is 0 Å². The summed E-state index contributed by atoms with van der Waals surface area (Å²) in [5, 5.41) is 0. The van der Waals surface area contributed by atoms with Crippen molar-refractivity contribution in [2.24, 2.45) is 11.8 Å². The molecule has 21 heavy (non-hydrogen) atoms. The Morgan fingerprint density at radius 2 is 2.00 bits per heavy atom. The highest BCUT2D eigenvalue weighted by molar-refractivity contribution is 7.89. The zero-order valence-corrected chi connectivity index (χ0v) is 14.1. The van der Waals surface area contributed by atoms with Crippen LogP contribution >= 0.6 is 11.6 Å². The first kappa shape index (κ1) is 16.7. The van der Waals surface area contributed by atoms with Crippen LogP contribution in [-0.2, 0) is 15.9 Å². The zero-order valence-electron chi connectivity index (χ0n) is 12.5. The molecule has 0 amide bonds. The molecule has 118 valence electrons. The Morgan fingerprint density at radius 1 is 1.33 bits per heavy atom. The fourth-order valence-corrected chi connectivity index (χ4v) is 5.03. The van der Waals surface area contributed by atoms with E-state index in [2.05, 4.69) is 13.8 Å². The number of alkyl halides is 1. The molecule has 3 atom stereocenters. The Morgan fingerprint density at radius 3 is 2.62 bits per heavy atom. The van der Waals surface area contributed by atoms with E-state index in [4.69, 9.17) is 11.6 Å². The van der Waals surface area contributed by atoms with Crippen molar-refractivity contribution in [3.05, 3.63) is 29.6 Å². The maximum Gasteiger partial charge on any atom is 0.243 e. The molecule has 1 aromatic rings. The van der Waals surface area contributed by atoms with E-state index in [0.717, 1.165) is 6.42 Å². The molecule has 1 aliphatic heterocycles. The van der Waals surface area contributed by atoms with Gasteiger partial charge in [0.2, 0.25) is 10.0 Å². The minimum Gasteiger partial charge on any atom is -0.207 e. The first-order chi connectivity index (χ1) is 9.77. The number of benzene rings is 1. The van der Waals surface area contributed by atoms with Crippen molar-refractivity contribution in [2.45, 2.75) is 44.0 Å². The highest BCUT2D eigenvalue weighted by Gasteiger charge is 2.37. The summed E-state index contributed by atoms with van der Waals surface area (Å²) in [5.41, 5.74) is 0.212. The van der Waals surface area contributed by atoms with Crippen LogP contribution in [0.2, 0.25) is 0 Å². The predicted octanol–water partition coefficient (Wildman–Crippen LogP) is 3.62. The molecule has 0 aromatic heterocycles. The maximum absolute atomic E-state index is 13.5. The third-order valence-corrected chi connectivity index (χ3v) is 6.55. The summed E-state index contributed by atoms with van der Waals surface area (Å²) in [7, 11) is -3.62. The van der Waals surface area contributed by atoms with Gasteiger partial charge < -0.3 is 0 Å². The Hall–Kier alpha value is -0.650. The number of halogens is 2. The van der Waals surface area contributed by atoms with Crippen LogP contribution in [0.25, 0.3) is 0 Å². The lowest BCUT2D eigenvalue weighted by Crippen LogP contribution is -2.48. The SMILES string of the molecule is CC1CC(C)C(C)N(S(=O)(=O)c2ccc(F)c(CCl)c2)C1. The first-order valence-corrected chi connectivity index (χ1v) is 9.11. The predicted molar refractivity (Wildman–Crippen MR) is 82.3 cm³/mol. The second kappa shape index (κ2) is 6.23. The molecule has 3 nitrogen and oxygen atoms in total. The first-order valence-electron chi connectivity index (χ1n) is 7.13. The second-order valence-corrected chi connectivity index (χ2v) is 8.18. The Labute approximate surface area is 131 Å². The lowest BCUT2D eigenvalue weighted by Gasteiger charge is -2.40. The normalized spacial score (nSPS) is 27.8. The average Bonchev–Trinajstić information content (AvgIpc) is 2.42. The van der Waals surface area contributed by atoms with E-state index in [-0.39, 0.29) is 22.4 Å². The van der Waals surface area contributed by atoms with Crippen molar-refractivity contribution in [3.63, 3.8) is 0 Å². The van der Waals surface area contributed by atoms with Gasteiger partial charge in [-0.05, 0) is 43.4 Å². The van der Waals surface area contributed by atoms with Gasteiger partial charge in [0.25, 0.3) is 0 Å². The van der Waals surface area contributed by atoms with Crippen molar-refractivity contribution in [1.82, 2.24) is 4.31 Å². The summed E-state index contributed by atoms with van der Waals surface area (Å²) in [6, 6.07) is 3.77.